The number of hydrogen-bond acceptors (Lipinski definition) is 6. The van der Waals surface area contributed by atoms with Crippen LogP contribution in [0.3, 0.4) is 0 Å². The van der Waals surface area contributed by atoms with Gasteiger partial charge in [0.1, 0.15) is 0 Å². The predicted octanol–water partition coefficient (Wildman–Crippen LogP) is 6.80. The van der Waals surface area contributed by atoms with Gasteiger partial charge in [0, 0.05) is 8.59 Å². The summed E-state index contributed by atoms with van der Waals surface area (Å²) in [6.07, 6.45) is 1.63. The molecule has 3 aromatic rings. The zero-order valence-corrected chi connectivity index (χ0v) is 22.2. The molecule has 35 heavy (non-hydrogen) atoms. The third kappa shape index (κ3) is 6.06. The number of imide groups is 1. The summed E-state index contributed by atoms with van der Waals surface area (Å²) in [6.45, 7) is 2.34. The van der Waals surface area contributed by atoms with Crippen LogP contribution in [-0.2, 0) is 11.3 Å². The fourth-order valence-corrected chi connectivity index (χ4v) is 4.88. The van der Waals surface area contributed by atoms with Gasteiger partial charge in [0.25, 0.3) is 11.1 Å². The Bertz CT molecular complexity index is 1330. The van der Waals surface area contributed by atoms with Crippen molar-refractivity contribution in [3.05, 3.63) is 96.9 Å². The fourth-order valence-electron chi connectivity index (χ4n) is 3.31. The Kier molecular flexibility index (Phi) is 8.15. The van der Waals surface area contributed by atoms with Gasteiger partial charge in [-0.05, 0) is 94.9 Å². The van der Waals surface area contributed by atoms with Crippen molar-refractivity contribution >= 4 is 69.1 Å². The number of halogens is 2. The highest BCUT2D eigenvalue weighted by Crippen LogP contribution is 2.36. The predicted molar refractivity (Wildman–Crippen MR) is 145 cm³/mol. The van der Waals surface area contributed by atoms with Crippen LogP contribution in [0.5, 0.6) is 11.5 Å². The van der Waals surface area contributed by atoms with Crippen LogP contribution >= 0.6 is 46.0 Å². The van der Waals surface area contributed by atoms with Crippen LogP contribution in [0, 0.1) is 3.57 Å². The second-order valence-corrected chi connectivity index (χ2v) is 9.99. The third-order valence-electron chi connectivity index (χ3n) is 4.99. The summed E-state index contributed by atoms with van der Waals surface area (Å²) in [5.74, 6) is -0.237. The van der Waals surface area contributed by atoms with Gasteiger partial charge < -0.3 is 9.47 Å². The lowest BCUT2D eigenvalue weighted by Gasteiger charge is -2.13. The van der Waals surface area contributed by atoms with E-state index in [0.717, 1.165) is 20.9 Å². The SMILES string of the molecule is CCOc1cc(/C=C2\SC(=O)N(Cc3ccc(Cl)cc3)C2=O)ccc1OC(=O)c1ccccc1I. The number of carbonyl (C=O) groups excluding carboxylic acids is 3. The van der Waals surface area contributed by atoms with Crippen LogP contribution < -0.4 is 9.47 Å². The quantitative estimate of drug-likeness (QED) is 0.125. The number of nitrogens with zero attached hydrogens (tertiary/aromatic N) is 1. The molecule has 1 aliphatic rings. The molecule has 0 aliphatic carbocycles. The first-order chi connectivity index (χ1) is 16.9. The first kappa shape index (κ1) is 25.3. The molecule has 0 atom stereocenters. The van der Waals surface area contributed by atoms with E-state index in [1.807, 2.05) is 19.1 Å². The van der Waals surface area contributed by atoms with Crippen LogP contribution in [0.4, 0.5) is 4.79 Å². The molecule has 1 fully saturated rings. The highest BCUT2D eigenvalue weighted by atomic mass is 127. The second kappa shape index (κ2) is 11.3. The van der Waals surface area contributed by atoms with Gasteiger partial charge in [0.15, 0.2) is 11.5 Å². The van der Waals surface area contributed by atoms with E-state index < -0.39 is 5.97 Å². The summed E-state index contributed by atoms with van der Waals surface area (Å²) in [6, 6.07) is 19.1. The van der Waals surface area contributed by atoms with Gasteiger partial charge in [-0.3, -0.25) is 14.5 Å². The molecule has 1 saturated heterocycles. The highest BCUT2D eigenvalue weighted by Gasteiger charge is 2.35. The van der Waals surface area contributed by atoms with Gasteiger partial charge in [-0.1, -0.05) is 41.9 Å². The summed E-state index contributed by atoms with van der Waals surface area (Å²) >= 11 is 8.87. The number of amides is 2. The molecule has 0 saturated carbocycles. The molecule has 3 aromatic carbocycles. The molecule has 1 aliphatic heterocycles. The van der Waals surface area contributed by atoms with Crippen LogP contribution in [0.25, 0.3) is 6.08 Å². The van der Waals surface area contributed by atoms with Gasteiger partial charge in [-0.2, -0.15) is 0 Å². The van der Waals surface area contributed by atoms with E-state index in [1.165, 1.54) is 4.90 Å². The van der Waals surface area contributed by atoms with E-state index in [0.29, 0.717) is 33.4 Å². The van der Waals surface area contributed by atoms with Crippen molar-refractivity contribution in [2.75, 3.05) is 6.61 Å². The molecule has 1 heterocycles. The molecule has 0 N–H and O–H groups in total. The first-order valence-electron chi connectivity index (χ1n) is 10.6. The summed E-state index contributed by atoms with van der Waals surface area (Å²) < 4.78 is 12.0. The highest BCUT2D eigenvalue weighted by molar-refractivity contribution is 14.1. The van der Waals surface area contributed by atoms with Crippen LogP contribution in [0.15, 0.2) is 71.6 Å². The lowest BCUT2D eigenvalue weighted by atomic mass is 10.1. The molecule has 0 unspecified atom stereocenters. The zero-order chi connectivity index (χ0) is 24.9. The normalized spacial score (nSPS) is 14.5. The maximum atomic E-state index is 12.9. The topological polar surface area (TPSA) is 72.9 Å². The lowest BCUT2D eigenvalue weighted by Crippen LogP contribution is -2.27. The summed E-state index contributed by atoms with van der Waals surface area (Å²) in [5.41, 5.74) is 1.89. The van der Waals surface area contributed by atoms with Crippen LogP contribution in [0.1, 0.15) is 28.4 Å². The van der Waals surface area contributed by atoms with Gasteiger partial charge in [0.2, 0.25) is 0 Å². The number of thioether (sulfide) groups is 1. The summed E-state index contributed by atoms with van der Waals surface area (Å²) in [5, 5.41) is 0.241. The molecule has 9 heteroatoms. The monoisotopic (exact) mass is 619 g/mol. The maximum absolute atomic E-state index is 12.9. The molecular weight excluding hydrogens is 601 g/mol. The van der Waals surface area contributed by atoms with Crippen molar-refractivity contribution < 1.29 is 23.9 Å². The van der Waals surface area contributed by atoms with Crippen molar-refractivity contribution in [2.45, 2.75) is 13.5 Å². The number of ether oxygens (including phenoxy) is 2. The molecular formula is C26H19ClINO5S. The summed E-state index contributed by atoms with van der Waals surface area (Å²) in [4.78, 5) is 39.5. The Morgan fingerprint density at radius 3 is 2.51 bits per heavy atom. The van der Waals surface area contributed by atoms with Crippen LogP contribution in [-0.4, -0.2) is 28.6 Å². The largest absolute Gasteiger partial charge is 0.490 e. The van der Waals surface area contributed by atoms with Crippen molar-refractivity contribution in [2.24, 2.45) is 0 Å². The number of esters is 1. The third-order valence-corrected chi connectivity index (χ3v) is 7.09. The Morgan fingerprint density at radius 2 is 1.80 bits per heavy atom. The zero-order valence-electron chi connectivity index (χ0n) is 18.5. The standard InChI is InChI=1S/C26H19ClINO5S/c1-2-33-22-13-17(9-12-21(22)34-25(31)19-5-3-4-6-20(19)28)14-23-24(30)29(26(32)35-23)15-16-7-10-18(27)11-8-16/h3-14H,2,15H2,1H3/b23-14-. The molecule has 0 spiro atoms. The molecule has 178 valence electrons. The Morgan fingerprint density at radius 1 is 1.06 bits per heavy atom. The fraction of sp³-hybridized carbons (Fsp3) is 0.115. The second-order valence-electron chi connectivity index (χ2n) is 7.40. The van der Waals surface area contributed by atoms with Gasteiger partial charge in [-0.15, -0.1) is 0 Å². The van der Waals surface area contributed by atoms with Gasteiger partial charge in [-0.25, -0.2) is 4.79 Å². The van der Waals surface area contributed by atoms with Crippen LogP contribution in [0.2, 0.25) is 5.02 Å². The Balaban J connectivity index is 1.54. The van der Waals surface area contributed by atoms with E-state index in [1.54, 1.807) is 60.7 Å². The number of rotatable bonds is 7. The molecule has 0 aromatic heterocycles. The number of benzene rings is 3. The average molecular weight is 620 g/mol. The molecule has 4 rings (SSSR count). The van der Waals surface area contributed by atoms with Crippen molar-refractivity contribution in [1.29, 1.82) is 0 Å². The van der Waals surface area contributed by atoms with Crippen molar-refractivity contribution in [3.8, 4) is 11.5 Å². The Labute approximate surface area is 225 Å². The number of hydrogen-bond donors (Lipinski definition) is 0. The van der Waals surface area contributed by atoms with Gasteiger partial charge in [0.05, 0.1) is 23.6 Å². The van der Waals surface area contributed by atoms with E-state index in [4.69, 9.17) is 21.1 Å². The molecule has 0 radical (unpaired) electrons. The average Bonchev–Trinajstić information content (AvgIpc) is 3.09. The first-order valence-corrected chi connectivity index (χ1v) is 12.9. The van der Waals surface area contributed by atoms with E-state index >= 15 is 0 Å². The number of carbonyl (C=O) groups is 3. The summed E-state index contributed by atoms with van der Waals surface area (Å²) in [7, 11) is 0. The van der Waals surface area contributed by atoms with E-state index in [9.17, 15) is 14.4 Å². The minimum absolute atomic E-state index is 0.163. The maximum Gasteiger partial charge on any atom is 0.344 e. The van der Waals surface area contributed by atoms with Crippen molar-refractivity contribution in [1.82, 2.24) is 4.90 Å². The Hall–Kier alpha value is -2.82. The molecule has 2 amide bonds. The minimum Gasteiger partial charge on any atom is -0.490 e. The van der Waals surface area contributed by atoms with E-state index in [2.05, 4.69) is 22.6 Å². The minimum atomic E-state index is -0.493. The smallest absolute Gasteiger partial charge is 0.344 e. The van der Waals surface area contributed by atoms with Gasteiger partial charge >= 0.3 is 5.97 Å². The van der Waals surface area contributed by atoms with E-state index in [-0.39, 0.29) is 23.4 Å². The lowest BCUT2D eigenvalue weighted by molar-refractivity contribution is -0.123. The molecule has 6 nitrogen and oxygen atoms in total. The molecule has 0 bridgehead atoms. The van der Waals surface area contributed by atoms with Crippen molar-refractivity contribution in [3.63, 3.8) is 0 Å².